The van der Waals surface area contributed by atoms with E-state index >= 15 is 0 Å². The molecule has 0 unspecified atom stereocenters. The lowest BCUT2D eigenvalue weighted by Gasteiger charge is -2.07. The van der Waals surface area contributed by atoms with Crippen LogP contribution in [0.2, 0.25) is 0 Å². The molecule has 2 aromatic rings. The second-order valence-electron chi connectivity index (χ2n) is 4.01. The number of thiophene rings is 1. The van der Waals surface area contributed by atoms with E-state index in [0.717, 1.165) is 10.4 Å². The Morgan fingerprint density at radius 1 is 1.52 bits per heavy atom. The number of methoxy groups -OCH3 is 1. The molecule has 2 heterocycles. The smallest absolute Gasteiger partial charge is 0.257 e. The Kier molecular flexibility index (Phi) is 5.32. The number of nitrogens with two attached hydrogens (primary N) is 1. The van der Waals surface area contributed by atoms with Crippen LogP contribution in [0.15, 0.2) is 29.8 Å². The number of carbonyl (C=O) groups excluding carboxylic acids is 1. The molecule has 2 rings (SSSR count). The lowest BCUT2D eigenvalue weighted by Crippen LogP contribution is -2.23. The lowest BCUT2D eigenvalue weighted by atomic mass is 10.2. The van der Waals surface area contributed by atoms with Gasteiger partial charge in [-0.3, -0.25) is 4.79 Å². The molecule has 0 aliphatic carbocycles. The van der Waals surface area contributed by atoms with Crippen LogP contribution in [-0.2, 0) is 6.54 Å². The monoisotopic (exact) mass is 301 g/mol. The second kappa shape index (κ2) is 7.43. The van der Waals surface area contributed by atoms with Gasteiger partial charge >= 0.3 is 0 Å². The van der Waals surface area contributed by atoms with Gasteiger partial charge in [0, 0.05) is 16.6 Å². The Bertz CT molecular complexity index is 685. The third-order valence-corrected chi connectivity index (χ3v) is 3.61. The third kappa shape index (κ3) is 3.81. The lowest BCUT2D eigenvalue weighted by molar-refractivity contribution is 0.0947. The highest BCUT2D eigenvalue weighted by atomic mass is 32.1. The third-order valence-electron chi connectivity index (χ3n) is 2.69. The zero-order chi connectivity index (χ0) is 15.1. The average molecular weight is 301 g/mol. The molecule has 0 bridgehead atoms. The van der Waals surface area contributed by atoms with E-state index in [0.29, 0.717) is 24.5 Å². The van der Waals surface area contributed by atoms with E-state index < -0.39 is 0 Å². The molecule has 0 fully saturated rings. The molecular formula is C15H15N3O2S. The van der Waals surface area contributed by atoms with Gasteiger partial charge in [-0.15, -0.1) is 11.3 Å². The Balaban J connectivity index is 2.06. The van der Waals surface area contributed by atoms with Gasteiger partial charge in [0.15, 0.2) is 0 Å². The molecule has 0 saturated carbocycles. The van der Waals surface area contributed by atoms with Crippen LogP contribution in [-0.4, -0.2) is 24.5 Å². The molecule has 2 aromatic heterocycles. The summed E-state index contributed by atoms with van der Waals surface area (Å²) in [4.78, 5) is 17.2. The highest BCUT2D eigenvalue weighted by molar-refractivity contribution is 7.10. The van der Waals surface area contributed by atoms with Crippen molar-refractivity contribution in [2.24, 2.45) is 5.73 Å². The minimum Gasteiger partial charge on any atom is -0.480 e. The van der Waals surface area contributed by atoms with Crippen LogP contribution in [0.25, 0.3) is 0 Å². The molecule has 0 aliphatic heterocycles. The summed E-state index contributed by atoms with van der Waals surface area (Å²) >= 11 is 1.54. The number of amides is 1. The number of carbonyl (C=O) groups is 1. The van der Waals surface area contributed by atoms with Crippen LogP contribution in [0, 0.1) is 11.8 Å². The predicted octanol–water partition coefficient (Wildman–Crippen LogP) is 1.39. The van der Waals surface area contributed by atoms with Crippen molar-refractivity contribution in [2.75, 3.05) is 13.7 Å². The van der Waals surface area contributed by atoms with Gasteiger partial charge in [0.2, 0.25) is 5.88 Å². The average Bonchev–Trinajstić information content (AvgIpc) is 2.97. The van der Waals surface area contributed by atoms with Crippen molar-refractivity contribution >= 4 is 17.2 Å². The van der Waals surface area contributed by atoms with Crippen LogP contribution in [0.4, 0.5) is 0 Å². The maximum Gasteiger partial charge on any atom is 0.257 e. The zero-order valence-corrected chi connectivity index (χ0v) is 12.4. The van der Waals surface area contributed by atoms with Gasteiger partial charge in [0.1, 0.15) is 5.56 Å². The minimum atomic E-state index is -0.230. The summed E-state index contributed by atoms with van der Waals surface area (Å²) in [7, 11) is 1.49. The summed E-state index contributed by atoms with van der Waals surface area (Å²) in [5.41, 5.74) is 6.67. The first-order chi connectivity index (χ1) is 10.3. The summed E-state index contributed by atoms with van der Waals surface area (Å²) in [5.74, 6) is 5.88. The van der Waals surface area contributed by atoms with Gasteiger partial charge in [0.25, 0.3) is 5.91 Å². The number of hydrogen-bond acceptors (Lipinski definition) is 5. The maximum atomic E-state index is 12.2. The van der Waals surface area contributed by atoms with Crippen LogP contribution in [0.5, 0.6) is 5.88 Å². The van der Waals surface area contributed by atoms with Crippen LogP contribution in [0.3, 0.4) is 0 Å². The standard InChI is InChI=1S/C15H15N3O2S/c1-20-15-12(5-3-8-17-15)14(19)18-10-13-11(4-2-7-16)6-9-21-13/h3,5-6,8-9H,7,10,16H2,1H3,(H,18,19). The normalized spacial score (nSPS) is 9.62. The molecule has 0 spiro atoms. The Morgan fingerprint density at radius 2 is 2.38 bits per heavy atom. The zero-order valence-electron chi connectivity index (χ0n) is 11.6. The van der Waals surface area contributed by atoms with Crippen molar-refractivity contribution in [1.82, 2.24) is 10.3 Å². The van der Waals surface area contributed by atoms with E-state index in [2.05, 4.69) is 22.1 Å². The van der Waals surface area contributed by atoms with Crippen molar-refractivity contribution < 1.29 is 9.53 Å². The van der Waals surface area contributed by atoms with Crippen molar-refractivity contribution in [1.29, 1.82) is 0 Å². The quantitative estimate of drug-likeness (QED) is 0.837. The summed E-state index contributed by atoms with van der Waals surface area (Å²) in [6, 6.07) is 5.28. The van der Waals surface area contributed by atoms with E-state index in [-0.39, 0.29) is 5.91 Å². The van der Waals surface area contributed by atoms with E-state index in [1.54, 1.807) is 29.7 Å². The van der Waals surface area contributed by atoms with Crippen molar-refractivity contribution in [3.8, 4) is 17.7 Å². The van der Waals surface area contributed by atoms with Gasteiger partial charge in [-0.2, -0.15) is 0 Å². The molecule has 21 heavy (non-hydrogen) atoms. The van der Waals surface area contributed by atoms with E-state index in [1.807, 2.05) is 11.4 Å². The van der Waals surface area contributed by atoms with Gasteiger partial charge in [-0.1, -0.05) is 11.8 Å². The summed E-state index contributed by atoms with van der Waals surface area (Å²) in [6.07, 6.45) is 1.58. The summed E-state index contributed by atoms with van der Waals surface area (Å²) in [6.45, 7) is 0.720. The SMILES string of the molecule is COc1ncccc1C(=O)NCc1sccc1C#CCN. The van der Waals surface area contributed by atoms with E-state index in [9.17, 15) is 4.79 Å². The van der Waals surface area contributed by atoms with Crippen LogP contribution in [0.1, 0.15) is 20.8 Å². The molecule has 6 heteroatoms. The highest BCUT2D eigenvalue weighted by Gasteiger charge is 2.13. The van der Waals surface area contributed by atoms with Crippen molar-refractivity contribution in [2.45, 2.75) is 6.54 Å². The molecule has 0 saturated heterocycles. The molecule has 0 radical (unpaired) electrons. The maximum absolute atomic E-state index is 12.2. The molecular weight excluding hydrogens is 286 g/mol. The first-order valence-corrected chi connectivity index (χ1v) is 7.16. The summed E-state index contributed by atoms with van der Waals surface area (Å²) < 4.78 is 5.07. The van der Waals surface area contributed by atoms with E-state index in [4.69, 9.17) is 10.5 Å². The molecule has 0 aliphatic rings. The molecule has 3 N–H and O–H groups in total. The number of hydrogen-bond donors (Lipinski definition) is 2. The second-order valence-corrected chi connectivity index (χ2v) is 5.01. The Morgan fingerprint density at radius 3 is 3.14 bits per heavy atom. The first kappa shape index (κ1) is 15.0. The summed E-state index contributed by atoms with van der Waals surface area (Å²) in [5, 5.41) is 4.78. The molecule has 1 amide bonds. The number of ether oxygens (including phenoxy) is 1. The molecule has 108 valence electrons. The largest absolute Gasteiger partial charge is 0.480 e. The molecule has 0 atom stereocenters. The van der Waals surface area contributed by atoms with Crippen molar-refractivity contribution in [3.63, 3.8) is 0 Å². The predicted molar refractivity (Wildman–Crippen MR) is 82.2 cm³/mol. The topological polar surface area (TPSA) is 77.2 Å². The fraction of sp³-hybridized carbons (Fsp3) is 0.200. The van der Waals surface area contributed by atoms with Gasteiger partial charge in [-0.25, -0.2) is 4.98 Å². The van der Waals surface area contributed by atoms with Crippen molar-refractivity contribution in [3.05, 3.63) is 45.8 Å². The number of nitrogens with one attached hydrogen (secondary N) is 1. The van der Waals surface area contributed by atoms with E-state index in [1.165, 1.54) is 7.11 Å². The Labute approximate surface area is 127 Å². The minimum absolute atomic E-state index is 0.230. The fourth-order valence-electron chi connectivity index (χ4n) is 1.72. The number of nitrogens with zero attached hydrogens (tertiary/aromatic N) is 1. The molecule has 5 nitrogen and oxygen atoms in total. The number of aromatic nitrogens is 1. The van der Waals surface area contributed by atoms with Gasteiger partial charge in [-0.05, 0) is 23.6 Å². The number of pyridine rings is 1. The fourth-order valence-corrected chi connectivity index (χ4v) is 2.49. The Hall–Kier alpha value is -2.36. The first-order valence-electron chi connectivity index (χ1n) is 6.28. The molecule has 0 aromatic carbocycles. The highest BCUT2D eigenvalue weighted by Crippen LogP contribution is 2.17. The van der Waals surface area contributed by atoms with Crippen LogP contribution < -0.4 is 15.8 Å². The number of rotatable bonds is 4. The van der Waals surface area contributed by atoms with Gasteiger partial charge < -0.3 is 15.8 Å². The van der Waals surface area contributed by atoms with Gasteiger partial charge in [0.05, 0.1) is 20.2 Å². The van der Waals surface area contributed by atoms with Crippen LogP contribution >= 0.6 is 11.3 Å².